The molecule has 0 bridgehead atoms. The van der Waals surface area contributed by atoms with E-state index in [-0.39, 0.29) is 11.9 Å². The van der Waals surface area contributed by atoms with Gasteiger partial charge in [0.05, 0.1) is 12.1 Å². The highest BCUT2D eigenvalue weighted by Gasteiger charge is 2.29. The van der Waals surface area contributed by atoms with Crippen molar-refractivity contribution < 1.29 is 19.1 Å². The summed E-state index contributed by atoms with van der Waals surface area (Å²) in [7, 11) is 0. The predicted molar refractivity (Wildman–Crippen MR) is 106 cm³/mol. The number of aromatic nitrogens is 1. The van der Waals surface area contributed by atoms with E-state index in [9.17, 15) is 14.7 Å². The zero-order valence-electron chi connectivity index (χ0n) is 16.1. The van der Waals surface area contributed by atoms with Gasteiger partial charge < -0.3 is 14.8 Å². The van der Waals surface area contributed by atoms with Gasteiger partial charge in [-0.15, -0.1) is 0 Å². The van der Waals surface area contributed by atoms with Crippen molar-refractivity contribution in [3.63, 3.8) is 0 Å². The molecule has 3 rings (SSSR count). The van der Waals surface area contributed by atoms with Gasteiger partial charge in [0.2, 0.25) is 5.91 Å². The minimum Gasteiger partial charge on any atom is -0.481 e. The Kier molecular flexibility index (Phi) is 7.23. The molecule has 0 radical (unpaired) electrons. The molecule has 6 nitrogen and oxygen atoms in total. The summed E-state index contributed by atoms with van der Waals surface area (Å²) >= 11 is 0. The van der Waals surface area contributed by atoms with Gasteiger partial charge in [0.15, 0.2) is 11.7 Å². The molecular weight excluding hydrogens is 356 g/mol. The molecule has 1 aliphatic carbocycles. The topological polar surface area (TPSA) is 92.4 Å². The highest BCUT2D eigenvalue weighted by atomic mass is 16.4. The molecule has 1 amide bonds. The first-order valence-electron chi connectivity index (χ1n) is 10.2. The lowest BCUT2D eigenvalue weighted by molar-refractivity contribution is -0.143. The van der Waals surface area contributed by atoms with Crippen molar-refractivity contribution in [3.8, 4) is 11.3 Å². The van der Waals surface area contributed by atoms with E-state index in [2.05, 4.69) is 10.3 Å². The van der Waals surface area contributed by atoms with Crippen LogP contribution in [0.15, 0.2) is 40.9 Å². The number of aryl methyl sites for hydroxylation is 1. The third kappa shape index (κ3) is 5.68. The number of carbonyl (C=O) groups is 2. The summed E-state index contributed by atoms with van der Waals surface area (Å²) in [6.07, 6.45) is 8.67. The molecule has 0 saturated heterocycles. The lowest BCUT2D eigenvalue weighted by Crippen LogP contribution is -2.43. The van der Waals surface area contributed by atoms with E-state index < -0.39 is 11.9 Å². The zero-order chi connectivity index (χ0) is 19.8. The molecule has 2 atom stereocenters. The number of nitrogens with zero attached hydrogens (tertiary/aromatic N) is 1. The quantitative estimate of drug-likeness (QED) is 0.746. The van der Waals surface area contributed by atoms with Crippen LogP contribution in [0.25, 0.3) is 11.3 Å². The SMILES string of the molecule is O=C(CCCc1ncc(-c2ccccc2)o1)NC1CCCCCCC1C(=O)O. The number of rotatable bonds is 7. The van der Waals surface area contributed by atoms with Crippen molar-refractivity contribution in [3.05, 3.63) is 42.4 Å². The van der Waals surface area contributed by atoms with Crippen LogP contribution in [0.2, 0.25) is 0 Å². The van der Waals surface area contributed by atoms with Crippen LogP contribution in [0.5, 0.6) is 0 Å². The molecule has 2 unspecified atom stereocenters. The summed E-state index contributed by atoms with van der Waals surface area (Å²) in [6.45, 7) is 0. The van der Waals surface area contributed by atoms with Crippen LogP contribution in [-0.2, 0) is 16.0 Å². The Morgan fingerprint density at radius 3 is 2.61 bits per heavy atom. The average molecular weight is 384 g/mol. The number of hydrogen-bond acceptors (Lipinski definition) is 4. The summed E-state index contributed by atoms with van der Waals surface area (Å²) in [4.78, 5) is 28.2. The van der Waals surface area contributed by atoms with Gasteiger partial charge in [0.25, 0.3) is 0 Å². The van der Waals surface area contributed by atoms with Crippen molar-refractivity contribution in [1.82, 2.24) is 10.3 Å². The van der Waals surface area contributed by atoms with Gasteiger partial charge in [-0.25, -0.2) is 4.98 Å². The molecule has 0 spiro atoms. The molecule has 2 aromatic rings. The normalized spacial score (nSPS) is 20.1. The van der Waals surface area contributed by atoms with E-state index >= 15 is 0 Å². The van der Waals surface area contributed by atoms with Crippen LogP contribution in [0.3, 0.4) is 0 Å². The monoisotopic (exact) mass is 384 g/mol. The lowest BCUT2D eigenvalue weighted by Gasteiger charge is -2.27. The maximum absolute atomic E-state index is 12.3. The van der Waals surface area contributed by atoms with Crippen molar-refractivity contribution in [2.45, 2.75) is 63.8 Å². The molecule has 1 fully saturated rings. The molecule has 1 aromatic heterocycles. The summed E-state index contributed by atoms with van der Waals surface area (Å²) in [5.74, 6) is -0.0450. The third-order valence-electron chi connectivity index (χ3n) is 5.34. The minimum atomic E-state index is -0.805. The Bertz CT molecular complexity index is 772. The molecule has 1 heterocycles. The number of carboxylic acid groups (broad SMARTS) is 1. The fraction of sp³-hybridized carbons (Fsp3) is 0.500. The second kappa shape index (κ2) is 10.1. The van der Waals surface area contributed by atoms with E-state index in [1.807, 2.05) is 30.3 Å². The number of amides is 1. The van der Waals surface area contributed by atoms with Crippen LogP contribution in [-0.4, -0.2) is 28.0 Å². The van der Waals surface area contributed by atoms with Gasteiger partial charge in [0, 0.05) is 24.4 Å². The first-order valence-corrected chi connectivity index (χ1v) is 10.2. The summed E-state index contributed by atoms with van der Waals surface area (Å²) < 4.78 is 5.76. The van der Waals surface area contributed by atoms with Crippen molar-refractivity contribution in [2.75, 3.05) is 0 Å². The number of benzene rings is 1. The summed E-state index contributed by atoms with van der Waals surface area (Å²) in [5.41, 5.74) is 0.975. The highest BCUT2D eigenvalue weighted by Crippen LogP contribution is 2.24. The summed E-state index contributed by atoms with van der Waals surface area (Å²) in [5, 5.41) is 12.5. The number of nitrogens with one attached hydrogen (secondary N) is 1. The van der Waals surface area contributed by atoms with Crippen LogP contribution in [0.1, 0.15) is 57.3 Å². The second-order valence-electron chi connectivity index (χ2n) is 7.45. The van der Waals surface area contributed by atoms with Crippen LogP contribution in [0.4, 0.5) is 0 Å². The van der Waals surface area contributed by atoms with E-state index in [0.717, 1.165) is 43.4 Å². The zero-order valence-corrected chi connectivity index (χ0v) is 16.1. The smallest absolute Gasteiger partial charge is 0.308 e. The first-order chi connectivity index (χ1) is 13.6. The van der Waals surface area contributed by atoms with Gasteiger partial charge in [-0.05, 0) is 19.3 Å². The summed E-state index contributed by atoms with van der Waals surface area (Å²) in [6, 6.07) is 9.50. The van der Waals surface area contributed by atoms with Crippen molar-refractivity contribution in [2.24, 2.45) is 5.92 Å². The standard InChI is InChI=1S/C22H28N2O4/c25-20(24-18-12-7-2-1-6-11-17(18)22(26)27)13-8-14-21-23-15-19(28-21)16-9-4-3-5-10-16/h3-5,9-10,15,17-18H,1-2,6-8,11-14H2,(H,24,25)(H,26,27). The van der Waals surface area contributed by atoms with Crippen LogP contribution in [0, 0.1) is 5.92 Å². The largest absolute Gasteiger partial charge is 0.481 e. The molecule has 1 aliphatic rings. The Morgan fingerprint density at radius 2 is 1.86 bits per heavy atom. The second-order valence-corrected chi connectivity index (χ2v) is 7.45. The highest BCUT2D eigenvalue weighted by molar-refractivity contribution is 5.78. The first kappa shape index (κ1) is 20.1. The van der Waals surface area contributed by atoms with E-state index in [1.54, 1.807) is 6.20 Å². The van der Waals surface area contributed by atoms with Gasteiger partial charge in [0.1, 0.15) is 0 Å². The Hall–Kier alpha value is -2.63. The third-order valence-corrected chi connectivity index (χ3v) is 5.34. The number of aliphatic carboxylic acids is 1. The van der Waals surface area contributed by atoms with E-state index in [1.165, 1.54) is 0 Å². The molecule has 1 aromatic carbocycles. The molecular formula is C22H28N2O4. The minimum absolute atomic E-state index is 0.0911. The van der Waals surface area contributed by atoms with E-state index in [0.29, 0.717) is 31.6 Å². The van der Waals surface area contributed by atoms with E-state index in [4.69, 9.17) is 4.42 Å². The molecule has 150 valence electrons. The predicted octanol–water partition coefficient (Wildman–Crippen LogP) is 4.20. The maximum Gasteiger partial charge on any atom is 0.308 e. The van der Waals surface area contributed by atoms with Gasteiger partial charge in [-0.1, -0.05) is 56.0 Å². The maximum atomic E-state index is 12.3. The Labute approximate surface area is 165 Å². The van der Waals surface area contributed by atoms with Crippen molar-refractivity contribution >= 4 is 11.9 Å². The number of oxazole rings is 1. The number of hydrogen-bond donors (Lipinski definition) is 2. The number of carboxylic acids is 1. The van der Waals surface area contributed by atoms with Crippen LogP contribution < -0.4 is 5.32 Å². The van der Waals surface area contributed by atoms with Crippen molar-refractivity contribution in [1.29, 1.82) is 0 Å². The Morgan fingerprint density at radius 1 is 1.11 bits per heavy atom. The molecule has 1 saturated carbocycles. The lowest BCUT2D eigenvalue weighted by atomic mass is 9.86. The Balaban J connectivity index is 1.47. The van der Waals surface area contributed by atoms with Gasteiger partial charge in [-0.2, -0.15) is 0 Å². The van der Waals surface area contributed by atoms with Gasteiger partial charge in [-0.3, -0.25) is 9.59 Å². The number of carbonyl (C=O) groups excluding carboxylic acids is 1. The molecule has 28 heavy (non-hydrogen) atoms. The van der Waals surface area contributed by atoms with Crippen LogP contribution >= 0.6 is 0 Å². The fourth-order valence-electron chi connectivity index (χ4n) is 3.79. The molecule has 2 N–H and O–H groups in total. The fourth-order valence-corrected chi connectivity index (χ4v) is 3.79. The van der Waals surface area contributed by atoms with Gasteiger partial charge >= 0.3 is 5.97 Å². The molecule has 6 heteroatoms. The molecule has 0 aliphatic heterocycles. The average Bonchev–Trinajstić information content (AvgIpc) is 3.13.